The lowest BCUT2D eigenvalue weighted by molar-refractivity contribution is -0.137. The van der Waals surface area contributed by atoms with E-state index in [4.69, 9.17) is 28.5 Å². The van der Waals surface area contributed by atoms with Gasteiger partial charge in [0, 0.05) is 42.8 Å². The molecule has 1 aliphatic rings. The minimum atomic E-state index is -4.42. The maximum Gasteiger partial charge on any atom is 0.416 e. The molecule has 3 heterocycles. The summed E-state index contributed by atoms with van der Waals surface area (Å²) in [6.45, 7) is 1.35. The number of amides is 1. The van der Waals surface area contributed by atoms with E-state index in [-0.39, 0.29) is 18.2 Å². The second-order valence-electron chi connectivity index (χ2n) is 10.3. The molecule has 0 aliphatic carbocycles. The predicted molar refractivity (Wildman–Crippen MR) is 177 cm³/mol. The van der Waals surface area contributed by atoms with E-state index in [9.17, 15) is 18.0 Å². The Balaban J connectivity index is 1.51. The Morgan fingerprint density at radius 3 is 2.51 bits per heavy atom. The van der Waals surface area contributed by atoms with Gasteiger partial charge in [-0.15, -0.1) is 11.3 Å². The molecule has 2 aromatic heterocycles. The average molecular weight is 700 g/mol. The molecule has 1 aliphatic heterocycles. The van der Waals surface area contributed by atoms with Gasteiger partial charge in [0.05, 0.1) is 31.7 Å². The number of hydrogen-bond acceptors (Lipinski definition) is 6. The number of aliphatic imine (C=N–C) groups is 1. The van der Waals surface area contributed by atoms with Gasteiger partial charge in [0.1, 0.15) is 0 Å². The minimum absolute atomic E-state index is 0.0704. The summed E-state index contributed by atoms with van der Waals surface area (Å²) < 4.78 is 38.8. The highest BCUT2D eigenvalue weighted by molar-refractivity contribution is 7.16. The molecule has 0 radical (unpaired) electrons. The fraction of sp³-hybridized carbons (Fsp3) is 0.250. The number of nitrogens with zero attached hydrogens (tertiary/aromatic N) is 5. The van der Waals surface area contributed by atoms with Crippen molar-refractivity contribution >= 4 is 52.1 Å². The van der Waals surface area contributed by atoms with Gasteiger partial charge < -0.3 is 5.32 Å². The number of alkyl halides is 3. The highest BCUT2D eigenvalue weighted by Gasteiger charge is 2.33. The number of nitrogens with one attached hydrogen (secondary N) is 3. The molecule has 9 nitrogen and oxygen atoms in total. The molecule has 0 bridgehead atoms. The quantitative estimate of drug-likeness (QED) is 0.0654. The van der Waals surface area contributed by atoms with Gasteiger partial charge >= 0.3 is 6.18 Å². The van der Waals surface area contributed by atoms with E-state index in [0.717, 1.165) is 31.4 Å². The van der Waals surface area contributed by atoms with Crippen LogP contribution in [-0.4, -0.2) is 47.2 Å². The second-order valence-corrected chi connectivity index (χ2v) is 12.2. The van der Waals surface area contributed by atoms with Crippen molar-refractivity contribution in [2.45, 2.75) is 32.0 Å². The van der Waals surface area contributed by atoms with Gasteiger partial charge in [0.2, 0.25) is 5.96 Å². The number of anilines is 1. The van der Waals surface area contributed by atoms with Crippen LogP contribution in [0.1, 0.15) is 51.3 Å². The van der Waals surface area contributed by atoms with Crippen molar-refractivity contribution in [3.8, 4) is 28.6 Å². The van der Waals surface area contributed by atoms with Crippen LogP contribution >= 0.6 is 34.5 Å². The number of rotatable bonds is 6. The fourth-order valence-corrected chi connectivity index (χ4v) is 6.33. The molecule has 0 spiro atoms. The number of carbonyl (C=O) groups excluding carboxylic acids is 1. The van der Waals surface area contributed by atoms with E-state index in [0.29, 0.717) is 55.4 Å². The van der Waals surface area contributed by atoms with E-state index in [1.54, 1.807) is 29.3 Å². The van der Waals surface area contributed by atoms with Gasteiger partial charge in [0.25, 0.3) is 5.91 Å². The molecule has 4 aromatic rings. The Hall–Kier alpha value is -4.53. The third-order valence-electron chi connectivity index (χ3n) is 7.24. The van der Waals surface area contributed by atoms with Crippen molar-refractivity contribution in [2.75, 3.05) is 25.1 Å². The standard InChI is InChI=1S/C32H27Cl2F3N8OS/c1-39-31(41-19-38)40-18-24-28(27-14-12-23(47-27)11-7-20-5-8-21(9-6-20)32(35,36)37)42-43-29(24)30(46)45(44-15-3-2-4-16-44)26-13-10-22(33)17-25(26)34/h5-6,8-10,12-14,17H,2-4,15-16,18H2,1H3,(H,42,43)(H2,39,40,41). The summed E-state index contributed by atoms with van der Waals surface area (Å²) in [4.78, 5) is 19.8. The number of aromatic amines is 1. The normalized spacial score (nSPS) is 13.8. The minimum Gasteiger partial charge on any atom is -0.351 e. The van der Waals surface area contributed by atoms with Crippen LogP contribution in [0.15, 0.2) is 59.6 Å². The van der Waals surface area contributed by atoms with E-state index in [2.05, 4.69) is 37.7 Å². The summed E-state index contributed by atoms with van der Waals surface area (Å²) in [7, 11) is 1.51. The topological polar surface area (TPSA) is 112 Å². The number of carbonyl (C=O) groups is 1. The molecular formula is C32H27Cl2F3N8OS. The van der Waals surface area contributed by atoms with Crippen molar-refractivity contribution in [1.82, 2.24) is 25.8 Å². The zero-order valence-corrected chi connectivity index (χ0v) is 27.2. The van der Waals surface area contributed by atoms with Gasteiger partial charge in [-0.3, -0.25) is 20.2 Å². The lowest BCUT2D eigenvalue weighted by Crippen LogP contribution is -2.49. The van der Waals surface area contributed by atoms with Crippen LogP contribution in [0, 0.1) is 23.3 Å². The summed E-state index contributed by atoms with van der Waals surface area (Å²) in [5.41, 5.74) is 1.33. The van der Waals surface area contributed by atoms with Gasteiger partial charge in [-0.2, -0.15) is 23.5 Å². The zero-order chi connectivity index (χ0) is 33.6. The molecule has 47 heavy (non-hydrogen) atoms. The molecule has 1 amide bonds. The summed E-state index contributed by atoms with van der Waals surface area (Å²) in [5, 5.41) is 26.3. The Labute approximate surface area is 283 Å². The van der Waals surface area contributed by atoms with Crippen LogP contribution < -0.4 is 15.6 Å². The van der Waals surface area contributed by atoms with Crippen LogP contribution in [-0.2, 0) is 12.7 Å². The number of hydrazine groups is 1. The zero-order valence-electron chi connectivity index (χ0n) is 24.9. The highest BCUT2D eigenvalue weighted by Crippen LogP contribution is 2.35. The molecule has 242 valence electrons. The van der Waals surface area contributed by atoms with Crippen LogP contribution in [0.3, 0.4) is 0 Å². The first kappa shape index (κ1) is 33.8. The molecular weight excluding hydrogens is 672 g/mol. The summed E-state index contributed by atoms with van der Waals surface area (Å²) in [6, 6.07) is 13.2. The smallest absolute Gasteiger partial charge is 0.351 e. The van der Waals surface area contributed by atoms with Gasteiger partial charge in [-0.05, 0) is 67.4 Å². The number of thiophene rings is 1. The summed E-state index contributed by atoms with van der Waals surface area (Å²) in [6.07, 6.45) is 0.243. The maximum atomic E-state index is 14.4. The predicted octanol–water partition coefficient (Wildman–Crippen LogP) is 7.06. The van der Waals surface area contributed by atoms with Crippen LogP contribution in [0.25, 0.3) is 10.6 Å². The van der Waals surface area contributed by atoms with Crippen LogP contribution in [0.4, 0.5) is 18.9 Å². The SMILES string of the molecule is CN=C(NC#N)NCc1c(C(=O)N(c2ccc(Cl)cc2Cl)N2CCCCC2)n[nH]c1-c1ccc(C#Cc2ccc(C(F)(F)F)cc2)s1. The average Bonchev–Trinajstić information content (AvgIpc) is 3.70. The highest BCUT2D eigenvalue weighted by atomic mass is 35.5. The molecule has 0 saturated carbocycles. The lowest BCUT2D eigenvalue weighted by atomic mass is 10.1. The Morgan fingerprint density at radius 1 is 1.11 bits per heavy atom. The first-order valence-electron chi connectivity index (χ1n) is 14.4. The van der Waals surface area contributed by atoms with E-state index < -0.39 is 17.6 Å². The fourth-order valence-electron chi connectivity index (χ4n) is 4.96. The van der Waals surface area contributed by atoms with Gasteiger partial charge in [-0.25, -0.2) is 10.0 Å². The number of benzene rings is 2. The van der Waals surface area contributed by atoms with Gasteiger partial charge in [0.15, 0.2) is 11.9 Å². The van der Waals surface area contributed by atoms with E-state index >= 15 is 0 Å². The van der Waals surface area contributed by atoms with Crippen molar-refractivity contribution in [3.05, 3.63) is 91.9 Å². The number of piperidine rings is 1. The number of guanidine groups is 1. The van der Waals surface area contributed by atoms with Crippen molar-refractivity contribution < 1.29 is 18.0 Å². The summed E-state index contributed by atoms with van der Waals surface area (Å²) in [5.74, 6) is 5.66. The first-order valence-corrected chi connectivity index (χ1v) is 15.9. The molecule has 0 unspecified atom stereocenters. The molecule has 2 aromatic carbocycles. The van der Waals surface area contributed by atoms with Crippen LogP contribution in [0.5, 0.6) is 0 Å². The van der Waals surface area contributed by atoms with E-state index in [1.807, 2.05) is 17.3 Å². The third-order valence-corrected chi connectivity index (χ3v) is 8.80. The summed E-state index contributed by atoms with van der Waals surface area (Å²) >= 11 is 14.1. The lowest BCUT2D eigenvalue weighted by Gasteiger charge is -2.37. The number of halogens is 5. The number of aromatic nitrogens is 2. The number of hydrogen-bond donors (Lipinski definition) is 3. The third kappa shape index (κ3) is 8.07. The molecule has 1 saturated heterocycles. The van der Waals surface area contributed by atoms with E-state index in [1.165, 1.54) is 30.5 Å². The second kappa shape index (κ2) is 14.9. The number of H-pyrrole nitrogens is 1. The largest absolute Gasteiger partial charge is 0.416 e. The molecule has 0 atom stereocenters. The monoisotopic (exact) mass is 698 g/mol. The van der Waals surface area contributed by atoms with Gasteiger partial charge in [-0.1, -0.05) is 41.5 Å². The van der Waals surface area contributed by atoms with Crippen molar-refractivity contribution in [1.29, 1.82) is 5.26 Å². The van der Waals surface area contributed by atoms with Crippen molar-refractivity contribution in [2.24, 2.45) is 4.99 Å². The Kier molecular flexibility index (Phi) is 10.7. The Morgan fingerprint density at radius 2 is 1.85 bits per heavy atom. The number of nitriles is 1. The molecule has 5 rings (SSSR count). The van der Waals surface area contributed by atoms with Crippen LogP contribution in [0.2, 0.25) is 10.0 Å². The Bertz CT molecular complexity index is 1880. The molecule has 3 N–H and O–H groups in total. The maximum absolute atomic E-state index is 14.4. The molecule has 15 heteroatoms. The van der Waals surface area contributed by atoms with Crippen molar-refractivity contribution in [3.63, 3.8) is 0 Å². The first-order chi connectivity index (χ1) is 22.6. The molecule has 1 fully saturated rings.